The second-order valence-corrected chi connectivity index (χ2v) is 5.01. The molecule has 2 N–H and O–H groups in total. The molecule has 1 aliphatic rings. The number of rotatable bonds is 7. The van der Waals surface area contributed by atoms with Crippen LogP contribution < -0.4 is 14.8 Å². The lowest BCUT2D eigenvalue weighted by molar-refractivity contribution is -0.127. The van der Waals surface area contributed by atoms with Crippen molar-refractivity contribution in [2.24, 2.45) is 0 Å². The van der Waals surface area contributed by atoms with E-state index < -0.39 is 5.54 Å². The lowest BCUT2D eigenvalue weighted by Gasteiger charge is -2.40. The highest BCUT2D eigenvalue weighted by Gasteiger charge is 2.37. The Morgan fingerprint density at radius 3 is 2.45 bits per heavy atom. The molecule has 1 aromatic carbocycles. The van der Waals surface area contributed by atoms with Crippen molar-refractivity contribution in [3.63, 3.8) is 0 Å². The van der Waals surface area contributed by atoms with Crippen LogP contribution in [0.2, 0.25) is 0 Å². The smallest absolute Gasteiger partial charge is 0.258 e. The van der Waals surface area contributed by atoms with E-state index >= 15 is 0 Å². The lowest BCUT2D eigenvalue weighted by Crippen LogP contribution is -2.57. The van der Waals surface area contributed by atoms with Crippen molar-refractivity contribution in [3.05, 3.63) is 24.3 Å². The molecule has 0 atom stereocenters. The maximum absolute atomic E-state index is 11.9. The zero-order chi connectivity index (χ0) is 14.4. The molecule has 1 fully saturated rings. The highest BCUT2D eigenvalue weighted by Crippen LogP contribution is 2.31. The van der Waals surface area contributed by atoms with Crippen LogP contribution in [0, 0.1) is 0 Å². The van der Waals surface area contributed by atoms with Crippen LogP contribution in [0.25, 0.3) is 0 Å². The molecule has 0 aliphatic heterocycles. The van der Waals surface area contributed by atoms with Crippen LogP contribution >= 0.6 is 0 Å². The van der Waals surface area contributed by atoms with Crippen molar-refractivity contribution < 1.29 is 19.4 Å². The van der Waals surface area contributed by atoms with Crippen LogP contribution in [0.4, 0.5) is 0 Å². The van der Waals surface area contributed by atoms with E-state index in [4.69, 9.17) is 9.47 Å². The van der Waals surface area contributed by atoms with Gasteiger partial charge in [-0.1, -0.05) is 12.1 Å². The SMILES string of the molecule is CCOc1ccccc1OCC(=O)NC1(CO)CCC1. The molecule has 1 saturated carbocycles. The van der Waals surface area contributed by atoms with Gasteiger partial charge < -0.3 is 19.9 Å². The number of benzene rings is 1. The number of carbonyl (C=O) groups is 1. The summed E-state index contributed by atoms with van der Waals surface area (Å²) >= 11 is 0. The average molecular weight is 279 g/mol. The standard InChI is InChI=1S/C15H21NO4/c1-2-19-12-6-3-4-7-13(12)20-10-14(18)16-15(11-17)8-5-9-15/h3-4,6-7,17H,2,5,8-11H2,1H3,(H,16,18). The van der Waals surface area contributed by atoms with E-state index in [1.54, 1.807) is 12.1 Å². The molecule has 20 heavy (non-hydrogen) atoms. The van der Waals surface area contributed by atoms with Gasteiger partial charge in [-0.3, -0.25) is 4.79 Å². The van der Waals surface area contributed by atoms with E-state index in [2.05, 4.69) is 5.32 Å². The largest absolute Gasteiger partial charge is 0.490 e. The fourth-order valence-corrected chi connectivity index (χ4v) is 2.25. The molecule has 5 heteroatoms. The molecule has 0 bridgehead atoms. The predicted molar refractivity (Wildman–Crippen MR) is 74.9 cm³/mol. The summed E-state index contributed by atoms with van der Waals surface area (Å²) in [7, 11) is 0. The van der Waals surface area contributed by atoms with Crippen LogP contribution in [-0.4, -0.2) is 36.4 Å². The number of aliphatic hydroxyl groups is 1. The van der Waals surface area contributed by atoms with Crippen molar-refractivity contribution >= 4 is 5.91 Å². The fourth-order valence-electron chi connectivity index (χ4n) is 2.25. The third-order valence-electron chi connectivity index (χ3n) is 3.53. The molecule has 1 amide bonds. The van der Waals surface area contributed by atoms with Gasteiger partial charge in [-0.2, -0.15) is 0 Å². The Kier molecular flexibility index (Phi) is 4.84. The van der Waals surface area contributed by atoms with Crippen molar-refractivity contribution in [3.8, 4) is 11.5 Å². The Labute approximate surface area is 118 Å². The monoisotopic (exact) mass is 279 g/mol. The van der Waals surface area contributed by atoms with Gasteiger partial charge in [0.1, 0.15) is 0 Å². The van der Waals surface area contributed by atoms with E-state index in [1.807, 2.05) is 19.1 Å². The number of hydrogen-bond acceptors (Lipinski definition) is 4. The van der Waals surface area contributed by atoms with Gasteiger partial charge in [0.25, 0.3) is 5.91 Å². The van der Waals surface area contributed by atoms with Crippen molar-refractivity contribution in [1.29, 1.82) is 0 Å². The van der Waals surface area contributed by atoms with Gasteiger partial charge in [-0.05, 0) is 38.3 Å². The Hall–Kier alpha value is -1.75. The Morgan fingerprint density at radius 2 is 1.95 bits per heavy atom. The Balaban J connectivity index is 1.87. The molecule has 5 nitrogen and oxygen atoms in total. The van der Waals surface area contributed by atoms with E-state index in [9.17, 15) is 9.90 Å². The first-order valence-electron chi connectivity index (χ1n) is 6.95. The summed E-state index contributed by atoms with van der Waals surface area (Å²) in [4.78, 5) is 11.9. The van der Waals surface area contributed by atoms with Crippen molar-refractivity contribution in [2.45, 2.75) is 31.7 Å². The van der Waals surface area contributed by atoms with Crippen molar-refractivity contribution in [1.82, 2.24) is 5.32 Å². The van der Waals surface area contributed by atoms with Crippen LogP contribution in [0.5, 0.6) is 11.5 Å². The van der Waals surface area contributed by atoms with E-state index in [0.717, 1.165) is 19.3 Å². The maximum atomic E-state index is 11.9. The minimum atomic E-state index is -0.431. The zero-order valence-corrected chi connectivity index (χ0v) is 11.7. The molecule has 0 radical (unpaired) electrons. The summed E-state index contributed by atoms with van der Waals surface area (Å²) in [6.45, 7) is 2.34. The normalized spacial score (nSPS) is 16.1. The fraction of sp³-hybridized carbons (Fsp3) is 0.533. The van der Waals surface area contributed by atoms with Crippen LogP contribution in [0.1, 0.15) is 26.2 Å². The summed E-state index contributed by atoms with van der Waals surface area (Å²) in [5.74, 6) is 0.963. The third kappa shape index (κ3) is 3.42. The van der Waals surface area contributed by atoms with Crippen LogP contribution in [0.3, 0.4) is 0 Å². The quantitative estimate of drug-likeness (QED) is 0.793. The summed E-state index contributed by atoms with van der Waals surface area (Å²) in [5, 5.41) is 12.2. The number of aliphatic hydroxyl groups excluding tert-OH is 1. The van der Waals surface area contributed by atoms with E-state index in [-0.39, 0.29) is 19.1 Å². The number of carbonyl (C=O) groups excluding carboxylic acids is 1. The first-order valence-corrected chi connectivity index (χ1v) is 6.95. The summed E-state index contributed by atoms with van der Waals surface area (Å²) in [5.41, 5.74) is -0.431. The van der Waals surface area contributed by atoms with Crippen LogP contribution in [-0.2, 0) is 4.79 Å². The summed E-state index contributed by atoms with van der Waals surface area (Å²) < 4.78 is 10.9. The van der Waals surface area contributed by atoms with Crippen molar-refractivity contribution in [2.75, 3.05) is 19.8 Å². The summed E-state index contributed by atoms with van der Waals surface area (Å²) in [6.07, 6.45) is 2.68. The number of hydrogen-bond donors (Lipinski definition) is 2. The van der Waals surface area contributed by atoms with Gasteiger partial charge >= 0.3 is 0 Å². The number of para-hydroxylation sites is 2. The zero-order valence-electron chi connectivity index (χ0n) is 11.7. The molecule has 110 valence electrons. The lowest BCUT2D eigenvalue weighted by atomic mass is 9.77. The molecule has 0 aromatic heterocycles. The van der Waals surface area contributed by atoms with Gasteiger partial charge in [-0.25, -0.2) is 0 Å². The van der Waals surface area contributed by atoms with E-state index in [1.165, 1.54) is 0 Å². The number of amides is 1. The van der Waals surface area contributed by atoms with Gasteiger partial charge in [0.2, 0.25) is 0 Å². The molecule has 0 saturated heterocycles. The highest BCUT2D eigenvalue weighted by atomic mass is 16.5. The highest BCUT2D eigenvalue weighted by molar-refractivity contribution is 5.78. The second-order valence-electron chi connectivity index (χ2n) is 5.01. The van der Waals surface area contributed by atoms with Gasteiger partial charge in [-0.15, -0.1) is 0 Å². The predicted octanol–water partition coefficient (Wildman–Crippen LogP) is 1.50. The molecule has 0 heterocycles. The topological polar surface area (TPSA) is 67.8 Å². The minimum absolute atomic E-state index is 0.0196. The average Bonchev–Trinajstić information content (AvgIpc) is 2.42. The molecule has 0 spiro atoms. The van der Waals surface area contributed by atoms with Gasteiger partial charge in [0.15, 0.2) is 18.1 Å². The molecule has 1 aromatic rings. The van der Waals surface area contributed by atoms with Gasteiger partial charge in [0.05, 0.1) is 18.8 Å². The van der Waals surface area contributed by atoms with E-state index in [0.29, 0.717) is 18.1 Å². The molecule has 2 rings (SSSR count). The molecule has 0 unspecified atom stereocenters. The third-order valence-corrected chi connectivity index (χ3v) is 3.53. The second kappa shape index (κ2) is 6.61. The first-order chi connectivity index (χ1) is 9.69. The molecular weight excluding hydrogens is 258 g/mol. The first kappa shape index (κ1) is 14.7. The Morgan fingerprint density at radius 1 is 1.30 bits per heavy atom. The van der Waals surface area contributed by atoms with Gasteiger partial charge in [0, 0.05) is 0 Å². The maximum Gasteiger partial charge on any atom is 0.258 e. The minimum Gasteiger partial charge on any atom is -0.490 e. The van der Waals surface area contributed by atoms with Crippen LogP contribution in [0.15, 0.2) is 24.3 Å². The molecular formula is C15H21NO4. The Bertz CT molecular complexity index is 451. The number of ether oxygens (including phenoxy) is 2. The molecule has 1 aliphatic carbocycles. The number of nitrogens with one attached hydrogen (secondary N) is 1. The summed E-state index contributed by atoms with van der Waals surface area (Å²) in [6, 6.07) is 7.26.